The van der Waals surface area contributed by atoms with E-state index in [-0.39, 0.29) is 18.0 Å². The number of sulfonamides is 1. The van der Waals surface area contributed by atoms with Gasteiger partial charge < -0.3 is 5.11 Å². The molecule has 2 heterocycles. The highest BCUT2D eigenvalue weighted by molar-refractivity contribution is 7.89. The van der Waals surface area contributed by atoms with Gasteiger partial charge in [0, 0.05) is 25.5 Å². The number of hydrogen-bond donors (Lipinski definition) is 1. The van der Waals surface area contributed by atoms with Crippen molar-refractivity contribution in [3.05, 3.63) is 24.5 Å². The molecular formula is C11H13F3N2O3S. The molecule has 1 saturated heterocycles. The van der Waals surface area contributed by atoms with Gasteiger partial charge >= 0.3 is 6.18 Å². The molecule has 0 amide bonds. The molecular weight excluding hydrogens is 297 g/mol. The Kier molecular flexibility index (Phi) is 3.78. The lowest BCUT2D eigenvalue weighted by atomic mass is 9.92. The van der Waals surface area contributed by atoms with Crippen molar-refractivity contribution in [3.8, 4) is 0 Å². The molecule has 112 valence electrons. The molecule has 0 unspecified atom stereocenters. The van der Waals surface area contributed by atoms with Crippen molar-refractivity contribution in [1.82, 2.24) is 9.29 Å². The minimum Gasteiger partial charge on any atom is -0.380 e. The molecule has 0 radical (unpaired) electrons. The lowest BCUT2D eigenvalue weighted by Crippen LogP contribution is -2.54. The molecule has 1 aromatic heterocycles. The Morgan fingerprint density at radius 2 is 1.90 bits per heavy atom. The van der Waals surface area contributed by atoms with Crippen molar-refractivity contribution in [2.45, 2.75) is 29.5 Å². The Bertz CT molecular complexity index is 566. The third-order valence-corrected chi connectivity index (χ3v) is 5.23. The standard InChI is InChI=1S/C11H13F3N2O3S/c12-11(13,14)10(17)3-6-16(7-4-10)20(18,19)9-2-1-5-15-8-9/h1-2,5,8,17H,3-4,6-7H2. The first kappa shape index (κ1) is 15.2. The number of aromatic nitrogens is 1. The van der Waals surface area contributed by atoms with E-state index in [9.17, 15) is 26.7 Å². The molecule has 1 fully saturated rings. The summed E-state index contributed by atoms with van der Waals surface area (Å²) in [7, 11) is -3.87. The SMILES string of the molecule is O=S(=O)(c1cccnc1)N1CCC(O)(C(F)(F)F)CC1. The number of nitrogens with zero attached hydrogens (tertiary/aromatic N) is 2. The molecule has 1 aliphatic heterocycles. The molecule has 0 saturated carbocycles. The smallest absolute Gasteiger partial charge is 0.380 e. The molecule has 1 N–H and O–H groups in total. The van der Waals surface area contributed by atoms with Gasteiger partial charge in [-0.15, -0.1) is 0 Å². The number of halogens is 3. The van der Waals surface area contributed by atoms with Crippen LogP contribution >= 0.6 is 0 Å². The number of pyridine rings is 1. The van der Waals surface area contributed by atoms with Crippen LogP contribution in [0.1, 0.15) is 12.8 Å². The fraction of sp³-hybridized carbons (Fsp3) is 0.545. The van der Waals surface area contributed by atoms with E-state index in [1.807, 2.05) is 0 Å². The fourth-order valence-corrected chi connectivity index (χ4v) is 3.43. The average molecular weight is 310 g/mol. The summed E-state index contributed by atoms with van der Waals surface area (Å²) < 4.78 is 63.2. The van der Waals surface area contributed by atoms with Crippen LogP contribution in [0.25, 0.3) is 0 Å². The van der Waals surface area contributed by atoms with Gasteiger partial charge in [0.05, 0.1) is 0 Å². The molecule has 9 heteroatoms. The summed E-state index contributed by atoms with van der Waals surface area (Å²) in [6.45, 7) is -0.763. The first-order valence-corrected chi connectivity index (χ1v) is 7.30. The van der Waals surface area contributed by atoms with Crippen LogP contribution in [0.2, 0.25) is 0 Å². The van der Waals surface area contributed by atoms with E-state index in [0.29, 0.717) is 0 Å². The van der Waals surface area contributed by atoms with Gasteiger partial charge in [-0.1, -0.05) is 0 Å². The van der Waals surface area contributed by atoms with Gasteiger partial charge in [0.2, 0.25) is 10.0 Å². The van der Waals surface area contributed by atoms with Crippen LogP contribution in [0.5, 0.6) is 0 Å². The Morgan fingerprint density at radius 3 is 2.35 bits per heavy atom. The second-order valence-electron chi connectivity index (χ2n) is 4.62. The summed E-state index contributed by atoms with van der Waals surface area (Å²) in [5, 5.41) is 9.50. The monoisotopic (exact) mass is 310 g/mol. The van der Waals surface area contributed by atoms with Crippen molar-refractivity contribution < 1.29 is 26.7 Å². The van der Waals surface area contributed by atoms with E-state index in [4.69, 9.17) is 0 Å². The predicted octanol–water partition coefficient (Wildman–Crippen LogP) is 1.16. The fourth-order valence-electron chi connectivity index (χ4n) is 2.03. The zero-order chi connectivity index (χ0) is 15.0. The third kappa shape index (κ3) is 2.65. The number of rotatable bonds is 2. The first-order chi connectivity index (χ1) is 9.17. The Balaban J connectivity index is 2.16. The van der Waals surface area contributed by atoms with E-state index in [1.165, 1.54) is 18.3 Å². The van der Waals surface area contributed by atoms with E-state index >= 15 is 0 Å². The van der Waals surface area contributed by atoms with Crippen molar-refractivity contribution in [2.75, 3.05) is 13.1 Å². The van der Waals surface area contributed by atoms with Crippen LogP contribution in [-0.4, -0.2) is 47.7 Å². The maximum atomic E-state index is 12.6. The van der Waals surface area contributed by atoms with Crippen molar-refractivity contribution >= 4 is 10.0 Å². The van der Waals surface area contributed by atoms with Gasteiger partial charge in [-0.3, -0.25) is 4.98 Å². The number of hydrogen-bond acceptors (Lipinski definition) is 4. The normalized spacial score (nSPS) is 20.8. The lowest BCUT2D eigenvalue weighted by molar-refractivity contribution is -0.270. The number of piperidine rings is 1. The highest BCUT2D eigenvalue weighted by atomic mass is 32.2. The minimum absolute atomic E-state index is 0.0718. The molecule has 1 aromatic rings. The van der Waals surface area contributed by atoms with Gasteiger partial charge in [-0.25, -0.2) is 8.42 Å². The van der Waals surface area contributed by atoms with Crippen molar-refractivity contribution in [2.24, 2.45) is 0 Å². The summed E-state index contributed by atoms with van der Waals surface area (Å²) in [5.41, 5.74) is -2.81. The number of aliphatic hydroxyl groups is 1. The maximum Gasteiger partial charge on any atom is 0.417 e. The molecule has 0 aliphatic carbocycles. The molecule has 0 spiro atoms. The van der Waals surface area contributed by atoms with E-state index in [0.717, 1.165) is 10.5 Å². The van der Waals surface area contributed by atoms with E-state index < -0.39 is 34.6 Å². The highest BCUT2D eigenvalue weighted by Crippen LogP contribution is 2.39. The van der Waals surface area contributed by atoms with Gasteiger partial charge in [0.15, 0.2) is 5.60 Å². The summed E-state index contributed by atoms with van der Waals surface area (Å²) in [6.07, 6.45) is -3.55. The van der Waals surface area contributed by atoms with Crippen LogP contribution in [0.4, 0.5) is 13.2 Å². The van der Waals surface area contributed by atoms with Gasteiger partial charge in [0.25, 0.3) is 0 Å². The zero-order valence-electron chi connectivity index (χ0n) is 10.3. The van der Waals surface area contributed by atoms with Gasteiger partial charge in [0.1, 0.15) is 4.90 Å². The van der Waals surface area contributed by atoms with Crippen molar-refractivity contribution in [1.29, 1.82) is 0 Å². The molecule has 0 atom stereocenters. The molecule has 1 aliphatic rings. The van der Waals surface area contributed by atoms with Crippen LogP contribution in [-0.2, 0) is 10.0 Å². The molecule has 20 heavy (non-hydrogen) atoms. The topological polar surface area (TPSA) is 70.5 Å². The summed E-state index contributed by atoms with van der Waals surface area (Å²) in [6, 6.07) is 2.76. The molecule has 0 bridgehead atoms. The Labute approximate surface area is 114 Å². The summed E-state index contributed by atoms with van der Waals surface area (Å²) in [5.74, 6) is 0. The Hall–Kier alpha value is -1.19. The second-order valence-corrected chi connectivity index (χ2v) is 6.56. The maximum absolute atomic E-state index is 12.6. The molecule has 0 aromatic carbocycles. The lowest BCUT2D eigenvalue weighted by Gasteiger charge is -2.38. The van der Waals surface area contributed by atoms with Crippen molar-refractivity contribution in [3.63, 3.8) is 0 Å². The van der Waals surface area contributed by atoms with Crippen LogP contribution in [0.3, 0.4) is 0 Å². The molecule has 2 rings (SSSR count). The largest absolute Gasteiger partial charge is 0.417 e. The van der Waals surface area contributed by atoms with Crippen LogP contribution in [0, 0.1) is 0 Å². The van der Waals surface area contributed by atoms with Crippen LogP contribution < -0.4 is 0 Å². The Morgan fingerprint density at radius 1 is 1.30 bits per heavy atom. The predicted molar refractivity (Wildman–Crippen MR) is 63.2 cm³/mol. The van der Waals surface area contributed by atoms with E-state index in [1.54, 1.807) is 0 Å². The van der Waals surface area contributed by atoms with Gasteiger partial charge in [-0.2, -0.15) is 17.5 Å². The second kappa shape index (κ2) is 4.97. The van der Waals surface area contributed by atoms with E-state index in [2.05, 4.69) is 4.98 Å². The van der Waals surface area contributed by atoms with Gasteiger partial charge in [-0.05, 0) is 25.0 Å². The third-order valence-electron chi connectivity index (χ3n) is 3.35. The summed E-state index contributed by atoms with van der Waals surface area (Å²) >= 11 is 0. The number of alkyl halides is 3. The average Bonchev–Trinajstić information content (AvgIpc) is 2.39. The first-order valence-electron chi connectivity index (χ1n) is 5.86. The minimum atomic E-state index is -4.75. The van der Waals surface area contributed by atoms with Crippen LogP contribution in [0.15, 0.2) is 29.4 Å². The highest BCUT2D eigenvalue weighted by Gasteiger charge is 2.55. The molecule has 5 nitrogen and oxygen atoms in total. The summed E-state index contributed by atoms with van der Waals surface area (Å²) in [4.78, 5) is 3.61. The zero-order valence-corrected chi connectivity index (χ0v) is 11.2. The quantitative estimate of drug-likeness (QED) is 0.890.